The standard InChI is InChI=1S/C13H8ClNO4S/c14-8-1-6-12(11(7-8)13(16)17)20-10-4-2-9(3-5-10)15(18)19/h1-7H,(H,16,17). The smallest absolute Gasteiger partial charge is 0.336 e. The van der Waals surface area contributed by atoms with Gasteiger partial charge in [-0.3, -0.25) is 10.1 Å². The lowest BCUT2D eigenvalue weighted by Gasteiger charge is -2.06. The monoisotopic (exact) mass is 309 g/mol. The number of aromatic carboxylic acids is 1. The zero-order chi connectivity index (χ0) is 14.7. The minimum atomic E-state index is -1.07. The number of nitro groups is 1. The molecular formula is C13H8ClNO4S. The van der Waals surface area contributed by atoms with E-state index in [1.54, 1.807) is 24.3 Å². The molecule has 0 amide bonds. The van der Waals surface area contributed by atoms with Crippen LogP contribution in [0.4, 0.5) is 5.69 Å². The Bertz CT molecular complexity index is 673. The second-order valence-corrected chi connectivity index (χ2v) is 5.35. The Balaban J connectivity index is 2.30. The van der Waals surface area contributed by atoms with Gasteiger partial charge in [0.15, 0.2) is 0 Å². The summed E-state index contributed by atoms with van der Waals surface area (Å²) in [7, 11) is 0. The summed E-state index contributed by atoms with van der Waals surface area (Å²) in [6.07, 6.45) is 0. The molecule has 0 saturated carbocycles. The topological polar surface area (TPSA) is 80.4 Å². The van der Waals surface area contributed by atoms with Gasteiger partial charge in [0, 0.05) is 26.9 Å². The molecule has 0 unspecified atom stereocenters. The van der Waals surface area contributed by atoms with E-state index in [1.807, 2.05) is 0 Å². The van der Waals surface area contributed by atoms with Crippen LogP contribution >= 0.6 is 23.4 Å². The summed E-state index contributed by atoms with van der Waals surface area (Å²) in [5.41, 5.74) is 0.0877. The van der Waals surface area contributed by atoms with Crippen molar-refractivity contribution in [2.75, 3.05) is 0 Å². The Hall–Kier alpha value is -2.05. The van der Waals surface area contributed by atoms with Gasteiger partial charge in [0.25, 0.3) is 5.69 Å². The summed E-state index contributed by atoms with van der Waals surface area (Å²) in [6, 6.07) is 10.5. The number of carbonyl (C=O) groups is 1. The summed E-state index contributed by atoms with van der Waals surface area (Å²) in [5, 5.41) is 20.0. The Morgan fingerprint density at radius 1 is 1.20 bits per heavy atom. The van der Waals surface area contributed by atoms with Crippen LogP contribution in [0, 0.1) is 10.1 Å². The third kappa shape index (κ3) is 3.28. The summed E-state index contributed by atoms with van der Waals surface area (Å²) >= 11 is 6.98. The van der Waals surface area contributed by atoms with Crippen LogP contribution in [0.25, 0.3) is 0 Å². The Labute approximate surface area is 123 Å². The van der Waals surface area contributed by atoms with E-state index in [4.69, 9.17) is 16.7 Å². The molecule has 2 aromatic rings. The van der Waals surface area contributed by atoms with Gasteiger partial charge in [-0.15, -0.1) is 0 Å². The molecule has 5 nitrogen and oxygen atoms in total. The highest BCUT2D eigenvalue weighted by Gasteiger charge is 2.12. The van der Waals surface area contributed by atoms with Crippen molar-refractivity contribution >= 4 is 35.0 Å². The molecule has 0 aliphatic carbocycles. The van der Waals surface area contributed by atoms with Crippen molar-refractivity contribution in [2.24, 2.45) is 0 Å². The fraction of sp³-hybridized carbons (Fsp3) is 0. The molecule has 0 heterocycles. The van der Waals surface area contributed by atoms with E-state index in [9.17, 15) is 14.9 Å². The summed E-state index contributed by atoms with van der Waals surface area (Å²) in [4.78, 5) is 22.5. The Kier molecular flexibility index (Phi) is 4.26. The van der Waals surface area contributed by atoms with E-state index in [1.165, 1.54) is 30.0 Å². The molecule has 2 rings (SSSR count). The van der Waals surface area contributed by atoms with Crippen molar-refractivity contribution in [3.63, 3.8) is 0 Å². The first-order valence-corrected chi connectivity index (χ1v) is 6.62. The Morgan fingerprint density at radius 2 is 1.85 bits per heavy atom. The first-order chi connectivity index (χ1) is 9.47. The number of benzene rings is 2. The maximum atomic E-state index is 11.1. The van der Waals surface area contributed by atoms with Crippen LogP contribution in [0.5, 0.6) is 0 Å². The molecule has 0 radical (unpaired) electrons. The molecule has 0 aromatic heterocycles. The predicted molar refractivity (Wildman–Crippen MR) is 75.6 cm³/mol. The minimum Gasteiger partial charge on any atom is -0.478 e. The van der Waals surface area contributed by atoms with Crippen molar-refractivity contribution in [3.05, 3.63) is 63.2 Å². The lowest BCUT2D eigenvalue weighted by molar-refractivity contribution is -0.384. The Morgan fingerprint density at radius 3 is 2.40 bits per heavy atom. The molecule has 20 heavy (non-hydrogen) atoms. The van der Waals surface area contributed by atoms with Crippen molar-refractivity contribution in [1.82, 2.24) is 0 Å². The molecule has 0 fully saturated rings. The molecule has 0 aliphatic rings. The predicted octanol–water partition coefficient (Wildman–Crippen LogP) is 4.10. The number of rotatable bonds is 4. The number of halogens is 1. The van der Waals surface area contributed by atoms with Crippen LogP contribution in [-0.2, 0) is 0 Å². The molecule has 2 aromatic carbocycles. The number of hydrogen-bond donors (Lipinski definition) is 1. The zero-order valence-corrected chi connectivity index (χ0v) is 11.5. The van der Waals surface area contributed by atoms with Crippen LogP contribution in [-0.4, -0.2) is 16.0 Å². The summed E-state index contributed by atoms with van der Waals surface area (Å²) in [6.45, 7) is 0. The number of nitro benzene ring substituents is 1. The normalized spacial score (nSPS) is 10.2. The van der Waals surface area contributed by atoms with Gasteiger partial charge in [-0.05, 0) is 30.3 Å². The lowest BCUT2D eigenvalue weighted by atomic mass is 10.2. The van der Waals surface area contributed by atoms with E-state index >= 15 is 0 Å². The molecule has 0 aliphatic heterocycles. The summed E-state index contributed by atoms with van der Waals surface area (Å²) in [5.74, 6) is -1.07. The zero-order valence-electron chi connectivity index (χ0n) is 9.95. The van der Waals surface area contributed by atoms with Crippen LogP contribution < -0.4 is 0 Å². The summed E-state index contributed by atoms with van der Waals surface area (Å²) < 4.78 is 0. The maximum Gasteiger partial charge on any atom is 0.336 e. The molecule has 0 atom stereocenters. The van der Waals surface area contributed by atoms with E-state index in [-0.39, 0.29) is 11.3 Å². The van der Waals surface area contributed by atoms with Gasteiger partial charge in [0.1, 0.15) is 0 Å². The first-order valence-electron chi connectivity index (χ1n) is 5.42. The van der Waals surface area contributed by atoms with Gasteiger partial charge in [0.05, 0.1) is 10.5 Å². The molecule has 0 spiro atoms. The SMILES string of the molecule is O=C(O)c1cc(Cl)ccc1Sc1ccc([N+](=O)[O-])cc1. The van der Waals surface area contributed by atoms with Crippen LogP contribution in [0.2, 0.25) is 5.02 Å². The lowest BCUT2D eigenvalue weighted by Crippen LogP contribution is -1.98. The van der Waals surface area contributed by atoms with Gasteiger partial charge in [-0.1, -0.05) is 23.4 Å². The molecule has 0 bridgehead atoms. The maximum absolute atomic E-state index is 11.1. The average molecular weight is 310 g/mol. The van der Waals surface area contributed by atoms with Gasteiger partial charge < -0.3 is 5.11 Å². The van der Waals surface area contributed by atoms with E-state index in [0.29, 0.717) is 14.8 Å². The van der Waals surface area contributed by atoms with Crippen molar-refractivity contribution in [1.29, 1.82) is 0 Å². The number of nitrogens with zero attached hydrogens (tertiary/aromatic N) is 1. The average Bonchev–Trinajstić information content (AvgIpc) is 2.41. The molecule has 0 saturated heterocycles. The first kappa shape index (κ1) is 14.4. The fourth-order valence-electron chi connectivity index (χ4n) is 1.52. The molecule has 102 valence electrons. The van der Waals surface area contributed by atoms with Crippen molar-refractivity contribution in [2.45, 2.75) is 9.79 Å². The number of hydrogen-bond acceptors (Lipinski definition) is 4. The van der Waals surface area contributed by atoms with Gasteiger partial charge in [-0.2, -0.15) is 0 Å². The van der Waals surface area contributed by atoms with Crippen LogP contribution in [0.3, 0.4) is 0 Å². The second kappa shape index (κ2) is 5.94. The quantitative estimate of drug-likeness (QED) is 0.679. The highest BCUT2D eigenvalue weighted by Crippen LogP contribution is 2.32. The largest absolute Gasteiger partial charge is 0.478 e. The third-order valence-corrected chi connectivity index (χ3v) is 3.77. The van der Waals surface area contributed by atoms with Gasteiger partial charge in [-0.25, -0.2) is 4.79 Å². The molecular weight excluding hydrogens is 302 g/mol. The van der Waals surface area contributed by atoms with E-state index < -0.39 is 10.9 Å². The van der Waals surface area contributed by atoms with E-state index in [2.05, 4.69) is 0 Å². The fourth-order valence-corrected chi connectivity index (χ4v) is 2.61. The number of carboxylic acid groups (broad SMARTS) is 1. The van der Waals surface area contributed by atoms with Crippen LogP contribution in [0.1, 0.15) is 10.4 Å². The second-order valence-electron chi connectivity index (χ2n) is 3.80. The number of non-ortho nitro benzene ring substituents is 1. The molecule has 1 N–H and O–H groups in total. The van der Waals surface area contributed by atoms with E-state index in [0.717, 1.165) is 0 Å². The highest BCUT2D eigenvalue weighted by molar-refractivity contribution is 7.99. The van der Waals surface area contributed by atoms with Crippen LogP contribution in [0.15, 0.2) is 52.3 Å². The minimum absolute atomic E-state index is 0.0103. The highest BCUT2D eigenvalue weighted by atomic mass is 35.5. The van der Waals surface area contributed by atoms with Crippen molar-refractivity contribution < 1.29 is 14.8 Å². The number of carboxylic acids is 1. The molecule has 7 heteroatoms. The van der Waals surface area contributed by atoms with Gasteiger partial charge in [0.2, 0.25) is 0 Å². The van der Waals surface area contributed by atoms with Gasteiger partial charge >= 0.3 is 5.97 Å². The third-order valence-electron chi connectivity index (χ3n) is 2.45. The van der Waals surface area contributed by atoms with Crippen molar-refractivity contribution in [3.8, 4) is 0 Å².